The summed E-state index contributed by atoms with van der Waals surface area (Å²) in [7, 11) is 1.84. The standard InChI is InChI=1S/C24H29N7O2/c1-17-19(15-29(2)27-17)23(33)30-12-10-24(11-13-30)9-8-21(24)31-16-20(26-28-31)22(32)25-14-18-6-4-3-5-7-18/h3-7,15-16,21H,8-14H2,1-2H3,(H,25,32). The molecular formula is C24H29N7O2. The molecule has 1 aliphatic carbocycles. The van der Waals surface area contributed by atoms with Gasteiger partial charge in [0.25, 0.3) is 11.8 Å². The highest BCUT2D eigenvalue weighted by atomic mass is 16.2. The summed E-state index contributed by atoms with van der Waals surface area (Å²) in [5, 5.41) is 15.6. The monoisotopic (exact) mass is 447 g/mol. The third kappa shape index (κ3) is 4.03. The number of hydrogen-bond acceptors (Lipinski definition) is 5. The topological polar surface area (TPSA) is 97.9 Å². The molecule has 1 saturated carbocycles. The second-order valence-corrected chi connectivity index (χ2v) is 9.26. The van der Waals surface area contributed by atoms with Crippen LogP contribution in [0.4, 0.5) is 0 Å². The largest absolute Gasteiger partial charge is 0.347 e. The van der Waals surface area contributed by atoms with E-state index in [4.69, 9.17) is 0 Å². The molecule has 1 N–H and O–H groups in total. The van der Waals surface area contributed by atoms with E-state index in [1.54, 1.807) is 17.1 Å². The van der Waals surface area contributed by atoms with Gasteiger partial charge in [-0.1, -0.05) is 35.5 Å². The van der Waals surface area contributed by atoms with E-state index >= 15 is 0 Å². The van der Waals surface area contributed by atoms with Crippen LogP contribution in [-0.2, 0) is 13.6 Å². The van der Waals surface area contributed by atoms with Crippen molar-refractivity contribution in [2.45, 2.75) is 45.2 Å². The van der Waals surface area contributed by atoms with Gasteiger partial charge in [0.1, 0.15) is 0 Å². The van der Waals surface area contributed by atoms with E-state index in [1.165, 1.54) is 0 Å². The third-order valence-corrected chi connectivity index (χ3v) is 7.27. The van der Waals surface area contributed by atoms with Gasteiger partial charge in [-0.25, -0.2) is 4.68 Å². The smallest absolute Gasteiger partial charge is 0.273 e. The van der Waals surface area contributed by atoms with Crippen molar-refractivity contribution in [3.63, 3.8) is 0 Å². The number of aromatic nitrogens is 5. The molecule has 172 valence electrons. The minimum Gasteiger partial charge on any atom is -0.347 e. The highest BCUT2D eigenvalue weighted by Crippen LogP contribution is 2.56. The number of nitrogens with zero attached hydrogens (tertiary/aromatic N) is 6. The van der Waals surface area contributed by atoms with Gasteiger partial charge < -0.3 is 10.2 Å². The van der Waals surface area contributed by atoms with Crippen LogP contribution in [0, 0.1) is 12.3 Å². The Labute approximate surface area is 192 Å². The lowest BCUT2D eigenvalue weighted by Crippen LogP contribution is -2.51. The zero-order valence-corrected chi connectivity index (χ0v) is 19.1. The summed E-state index contributed by atoms with van der Waals surface area (Å²) in [5.41, 5.74) is 2.95. The number of aryl methyl sites for hydroxylation is 2. The van der Waals surface area contributed by atoms with Gasteiger partial charge in [0, 0.05) is 32.9 Å². The average molecular weight is 448 g/mol. The van der Waals surface area contributed by atoms with E-state index in [1.807, 2.05) is 53.9 Å². The molecule has 0 radical (unpaired) electrons. The zero-order valence-electron chi connectivity index (χ0n) is 19.1. The van der Waals surface area contributed by atoms with Crippen molar-refractivity contribution in [2.24, 2.45) is 12.5 Å². The van der Waals surface area contributed by atoms with E-state index in [0.29, 0.717) is 17.8 Å². The van der Waals surface area contributed by atoms with Crippen molar-refractivity contribution >= 4 is 11.8 Å². The van der Waals surface area contributed by atoms with Gasteiger partial charge in [-0.15, -0.1) is 5.10 Å². The van der Waals surface area contributed by atoms with E-state index in [-0.39, 0.29) is 23.3 Å². The molecule has 1 atom stereocenters. The minimum absolute atomic E-state index is 0.0597. The van der Waals surface area contributed by atoms with Gasteiger partial charge >= 0.3 is 0 Å². The maximum Gasteiger partial charge on any atom is 0.273 e. The molecule has 3 aromatic rings. The van der Waals surface area contributed by atoms with Crippen LogP contribution in [-0.4, -0.2) is 54.6 Å². The molecule has 1 spiro atoms. The van der Waals surface area contributed by atoms with Gasteiger partial charge in [-0.3, -0.25) is 14.3 Å². The van der Waals surface area contributed by atoms with Crippen molar-refractivity contribution in [2.75, 3.05) is 13.1 Å². The second-order valence-electron chi connectivity index (χ2n) is 9.26. The lowest BCUT2D eigenvalue weighted by Gasteiger charge is -2.53. The van der Waals surface area contributed by atoms with Gasteiger partial charge in [0.15, 0.2) is 5.69 Å². The van der Waals surface area contributed by atoms with Crippen molar-refractivity contribution in [3.8, 4) is 0 Å². The number of benzene rings is 1. The maximum absolute atomic E-state index is 12.9. The zero-order chi connectivity index (χ0) is 23.0. The van der Waals surface area contributed by atoms with Crippen LogP contribution < -0.4 is 5.32 Å². The second kappa shape index (κ2) is 8.46. The Morgan fingerprint density at radius 3 is 2.52 bits per heavy atom. The number of carbonyl (C=O) groups is 2. The molecule has 0 bridgehead atoms. The summed E-state index contributed by atoms with van der Waals surface area (Å²) in [6, 6.07) is 10.0. The van der Waals surface area contributed by atoms with Crippen LogP contribution in [0.3, 0.4) is 0 Å². The minimum atomic E-state index is -0.217. The van der Waals surface area contributed by atoms with Gasteiger partial charge in [-0.05, 0) is 43.6 Å². The fraction of sp³-hybridized carbons (Fsp3) is 0.458. The molecule has 1 unspecified atom stereocenters. The molecule has 5 rings (SSSR count). The van der Waals surface area contributed by atoms with Crippen LogP contribution in [0.5, 0.6) is 0 Å². The first-order valence-corrected chi connectivity index (χ1v) is 11.5. The average Bonchev–Trinajstić information content (AvgIpc) is 3.43. The summed E-state index contributed by atoms with van der Waals surface area (Å²) in [6.07, 6.45) is 7.55. The highest BCUT2D eigenvalue weighted by molar-refractivity contribution is 5.95. The first-order chi connectivity index (χ1) is 15.9. The molecule has 2 fully saturated rings. The summed E-state index contributed by atoms with van der Waals surface area (Å²) >= 11 is 0. The number of amides is 2. The van der Waals surface area contributed by atoms with Gasteiger partial charge in [0.2, 0.25) is 0 Å². The fourth-order valence-electron chi connectivity index (χ4n) is 5.21. The Balaban J connectivity index is 1.20. The molecular weight excluding hydrogens is 418 g/mol. The van der Waals surface area contributed by atoms with Crippen LogP contribution in [0.15, 0.2) is 42.7 Å². The lowest BCUT2D eigenvalue weighted by atomic mass is 9.59. The summed E-state index contributed by atoms with van der Waals surface area (Å²) < 4.78 is 3.55. The van der Waals surface area contributed by atoms with Crippen molar-refractivity contribution in [1.82, 2.24) is 35.0 Å². The van der Waals surface area contributed by atoms with E-state index in [0.717, 1.165) is 50.0 Å². The first kappa shape index (κ1) is 21.4. The van der Waals surface area contributed by atoms with Gasteiger partial charge in [-0.2, -0.15) is 5.10 Å². The van der Waals surface area contributed by atoms with E-state index < -0.39 is 0 Å². The Morgan fingerprint density at radius 2 is 1.88 bits per heavy atom. The molecule has 1 aliphatic heterocycles. The number of rotatable bonds is 5. The number of carbonyl (C=O) groups excluding carboxylic acids is 2. The summed E-state index contributed by atoms with van der Waals surface area (Å²) in [6.45, 7) is 3.78. The van der Waals surface area contributed by atoms with Crippen LogP contribution >= 0.6 is 0 Å². The van der Waals surface area contributed by atoms with Crippen molar-refractivity contribution < 1.29 is 9.59 Å². The van der Waals surface area contributed by atoms with Crippen molar-refractivity contribution in [3.05, 3.63) is 65.2 Å². The first-order valence-electron chi connectivity index (χ1n) is 11.5. The quantitative estimate of drug-likeness (QED) is 0.648. The number of piperidine rings is 1. The normalized spacial score (nSPS) is 19.3. The van der Waals surface area contributed by atoms with E-state index in [2.05, 4.69) is 20.7 Å². The molecule has 9 heteroatoms. The SMILES string of the molecule is Cc1nn(C)cc1C(=O)N1CCC2(CCC2n2cc(C(=O)NCc3ccccc3)nn2)CC1. The lowest BCUT2D eigenvalue weighted by molar-refractivity contribution is -0.0268. The summed E-state index contributed by atoms with van der Waals surface area (Å²) in [5.74, 6) is -0.157. The summed E-state index contributed by atoms with van der Waals surface area (Å²) in [4.78, 5) is 27.4. The molecule has 2 aromatic heterocycles. The fourth-order valence-corrected chi connectivity index (χ4v) is 5.21. The molecule has 3 heterocycles. The van der Waals surface area contributed by atoms with Crippen LogP contribution in [0.1, 0.15) is 63.8 Å². The highest BCUT2D eigenvalue weighted by Gasteiger charge is 2.50. The van der Waals surface area contributed by atoms with Crippen LogP contribution in [0.2, 0.25) is 0 Å². The number of nitrogens with one attached hydrogen (secondary N) is 1. The molecule has 2 aliphatic rings. The Morgan fingerprint density at radius 1 is 1.12 bits per heavy atom. The van der Waals surface area contributed by atoms with E-state index in [9.17, 15) is 9.59 Å². The van der Waals surface area contributed by atoms with Gasteiger partial charge in [0.05, 0.1) is 23.5 Å². The van der Waals surface area contributed by atoms with Crippen molar-refractivity contribution in [1.29, 1.82) is 0 Å². The Hall–Kier alpha value is -3.49. The molecule has 9 nitrogen and oxygen atoms in total. The third-order valence-electron chi connectivity index (χ3n) is 7.27. The maximum atomic E-state index is 12.9. The molecule has 1 saturated heterocycles. The number of likely N-dealkylation sites (tertiary alicyclic amines) is 1. The molecule has 2 amide bonds. The Kier molecular flexibility index (Phi) is 5.47. The van der Waals surface area contributed by atoms with Crippen LogP contribution in [0.25, 0.3) is 0 Å². The number of hydrogen-bond donors (Lipinski definition) is 1. The Bertz CT molecular complexity index is 1160. The molecule has 33 heavy (non-hydrogen) atoms. The predicted octanol–water partition coefficient (Wildman–Crippen LogP) is 2.51. The molecule has 1 aromatic carbocycles. The predicted molar refractivity (Wildman–Crippen MR) is 121 cm³/mol.